The minimum absolute atomic E-state index is 0.00105. The number of likely N-dealkylation sites (N-methyl/N-ethyl adjacent to an activating group) is 1. The fourth-order valence-electron chi connectivity index (χ4n) is 6.45. The zero-order valence-electron chi connectivity index (χ0n) is 31.4. The largest absolute Gasteiger partial charge is 0.504 e. The van der Waals surface area contributed by atoms with Crippen LogP contribution >= 0.6 is 0 Å². The van der Waals surface area contributed by atoms with Crippen LogP contribution in [0, 0.1) is 5.82 Å². The van der Waals surface area contributed by atoms with Crippen molar-refractivity contribution in [3.8, 4) is 46.3 Å². The number of aromatic hydroxyl groups is 1. The third kappa shape index (κ3) is 8.10. The van der Waals surface area contributed by atoms with E-state index in [1.807, 2.05) is 18.3 Å². The number of aromatic amines is 2. The van der Waals surface area contributed by atoms with Crippen molar-refractivity contribution < 1.29 is 33.2 Å². The van der Waals surface area contributed by atoms with Crippen molar-refractivity contribution in [1.82, 2.24) is 49.7 Å². The van der Waals surface area contributed by atoms with Crippen LogP contribution in [0.25, 0.3) is 43.9 Å². The van der Waals surface area contributed by atoms with Gasteiger partial charge in [0.25, 0.3) is 0 Å². The Morgan fingerprint density at radius 3 is 2.16 bits per heavy atom. The summed E-state index contributed by atoms with van der Waals surface area (Å²) in [5.41, 5.74) is 2.45. The van der Waals surface area contributed by atoms with Crippen molar-refractivity contribution >= 4 is 43.9 Å². The molecule has 0 aliphatic carbocycles. The lowest BCUT2D eigenvalue weighted by molar-refractivity contribution is 0.145. The number of H-pyrrole nitrogens is 2. The summed E-state index contributed by atoms with van der Waals surface area (Å²) >= 11 is 0. The number of ether oxygens (including phenoxy) is 5. The monoisotopic (exact) mass is 774 g/mol. The Morgan fingerprint density at radius 2 is 1.39 bits per heavy atom. The van der Waals surface area contributed by atoms with Gasteiger partial charge in [-0.05, 0) is 43.8 Å². The van der Waals surface area contributed by atoms with Gasteiger partial charge in [0, 0.05) is 62.6 Å². The number of benzene rings is 2. The van der Waals surface area contributed by atoms with E-state index in [1.165, 1.54) is 32.0 Å². The SMILES string of the molecule is COc1cc2ncnc(Oc3cnc4[nH]ccc4c3)c2cc1O.COc1cc2ncnc(Oc3cnc4[nH]ccc4c3F)c2cc1OCCCN1CCN(C)CC1. The molecule has 17 heteroatoms. The van der Waals surface area contributed by atoms with Gasteiger partial charge < -0.3 is 48.6 Å². The standard InChI is InChI=1S/C24H27FN6O3.C16H12N4O3/c1-30-7-9-31(10-8-30)6-3-11-33-20-12-17-18(13-19(20)32-2)28-15-29-24(17)34-21-14-27-23-16(22(21)25)4-5-26-23;1-22-14-6-12-11(5-13(14)21)16(20-8-19-12)23-10-4-9-2-3-17-15(9)18-7-10/h4-5,12-15H,3,6-11H2,1-2H3,(H,26,27);2-8,21H,1H3,(H,17,18). The Labute approximate surface area is 325 Å². The van der Waals surface area contributed by atoms with E-state index in [0.29, 0.717) is 68.3 Å². The van der Waals surface area contributed by atoms with Gasteiger partial charge in [0.2, 0.25) is 11.8 Å². The fourth-order valence-corrected chi connectivity index (χ4v) is 6.45. The Bertz CT molecular complexity index is 2660. The average molecular weight is 775 g/mol. The van der Waals surface area contributed by atoms with E-state index in [4.69, 9.17) is 23.7 Å². The van der Waals surface area contributed by atoms with Gasteiger partial charge in [0.1, 0.15) is 29.7 Å². The fraction of sp³-hybridized carbons (Fsp3) is 0.250. The third-order valence-electron chi connectivity index (χ3n) is 9.54. The zero-order chi connectivity index (χ0) is 39.3. The molecule has 1 aliphatic heterocycles. The van der Waals surface area contributed by atoms with Gasteiger partial charge in [-0.3, -0.25) is 0 Å². The Morgan fingerprint density at radius 1 is 0.702 bits per heavy atom. The van der Waals surface area contributed by atoms with E-state index in [1.54, 1.807) is 43.8 Å². The minimum Gasteiger partial charge on any atom is -0.504 e. The van der Waals surface area contributed by atoms with Crippen molar-refractivity contribution in [2.45, 2.75) is 6.42 Å². The van der Waals surface area contributed by atoms with E-state index < -0.39 is 5.82 Å². The number of aromatic nitrogens is 8. The van der Waals surface area contributed by atoms with E-state index in [0.717, 1.165) is 50.2 Å². The number of piperazine rings is 1. The predicted octanol–water partition coefficient (Wildman–Crippen LogP) is 6.48. The van der Waals surface area contributed by atoms with Gasteiger partial charge in [0.05, 0.1) is 60.4 Å². The molecular formula is C40H39FN10O6. The topological polar surface area (TPSA) is 182 Å². The van der Waals surface area contributed by atoms with Crippen LogP contribution in [-0.2, 0) is 0 Å². The van der Waals surface area contributed by atoms with Crippen LogP contribution in [0.2, 0.25) is 0 Å². The summed E-state index contributed by atoms with van der Waals surface area (Å²) in [6, 6.07) is 12.1. The summed E-state index contributed by atoms with van der Waals surface area (Å²) in [5, 5.41) is 12.4. The number of phenolic OH excluding ortho intramolecular Hbond substituents is 1. The molecular weight excluding hydrogens is 736 g/mol. The van der Waals surface area contributed by atoms with Crippen LogP contribution in [0.1, 0.15) is 6.42 Å². The van der Waals surface area contributed by atoms with Crippen LogP contribution in [0.3, 0.4) is 0 Å². The summed E-state index contributed by atoms with van der Waals surface area (Å²) in [7, 11) is 5.22. The molecule has 0 unspecified atom stereocenters. The molecule has 3 N–H and O–H groups in total. The molecule has 0 spiro atoms. The normalized spacial score (nSPS) is 13.5. The van der Waals surface area contributed by atoms with Gasteiger partial charge in [-0.1, -0.05) is 0 Å². The molecule has 6 aromatic heterocycles. The quantitative estimate of drug-likeness (QED) is 0.122. The van der Waals surface area contributed by atoms with Gasteiger partial charge in [-0.2, -0.15) is 0 Å². The highest BCUT2D eigenvalue weighted by molar-refractivity contribution is 5.88. The number of hydrogen-bond acceptors (Lipinski definition) is 14. The van der Waals surface area contributed by atoms with Crippen molar-refractivity contribution in [2.75, 3.05) is 60.6 Å². The van der Waals surface area contributed by atoms with E-state index in [2.05, 4.69) is 56.7 Å². The van der Waals surface area contributed by atoms with Crippen LogP contribution in [0.4, 0.5) is 4.39 Å². The van der Waals surface area contributed by atoms with Crippen molar-refractivity contribution in [2.24, 2.45) is 0 Å². The highest BCUT2D eigenvalue weighted by atomic mass is 19.1. The van der Waals surface area contributed by atoms with Gasteiger partial charge >= 0.3 is 0 Å². The van der Waals surface area contributed by atoms with E-state index in [9.17, 15) is 9.50 Å². The smallest absolute Gasteiger partial charge is 0.230 e. The lowest BCUT2D eigenvalue weighted by atomic mass is 10.2. The molecule has 7 heterocycles. The maximum absolute atomic E-state index is 14.9. The first-order chi connectivity index (χ1) is 27.9. The lowest BCUT2D eigenvalue weighted by Gasteiger charge is -2.32. The zero-order valence-corrected chi connectivity index (χ0v) is 31.4. The maximum Gasteiger partial charge on any atom is 0.230 e. The second kappa shape index (κ2) is 16.5. The number of phenols is 1. The molecule has 57 heavy (non-hydrogen) atoms. The Kier molecular flexibility index (Phi) is 10.7. The van der Waals surface area contributed by atoms with Gasteiger partial charge in [-0.25, -0.2) is 34.3 Å². The maximum atomic E-state index is 14.9. The second-order valence-corrected chi connectivity index (χ2v) is 13.2. The molecule has 1 aliphatic rings. The molecule has 2 aromatic carbocycles. The molecule has 8 aromatic rings. The molecule has 1 saturated heterocycles. The lowest BCUT2D eigenvalue weighted by Crippen LogP contribution is -2.44. The molecule has 292 valence electrons. The van der Waals surface area contributed by atoms with Crippen LogP contribution in [-0.4, -0.2) is 115 Å². The summed E-state index contributed by atoms with van der Waals surface area (Å²) in [4.78, 5) is 36.0. The minimum atomic E-state index is -0.507. The van der Waals surface area contributed by atoms with E-state index >= 15 is 0 Å². The number of halogens is 1. The highest BCUT2D eigenvalue weighted by Crippen LogP contribution is 2.38. The molecule has 0 bridgehead atoms. The average Bonchev–Trinajstić information content (AvgIpc) is 3.92. The summed E-state index contributed by atoms with van der Waals surface area (Å²) < 4.78 is 43.2. The van der Waals surface area contributed by atoms with Crippen molar-refractivity contribution in [3.05, 3.63) is 85.7 Å². The first-order valence-electron chi connectivity index (χ1n) is 18.2. The van der Waals surface area contributed by atoms with Crippen molar-refractivity contribution in [3.63, 3.8) is 0 Å². The summed E-state index contributed by atoms with van der Waals surface area (Å²) in [5.74, 6) is 2.05. The number of rotatable bonds is 11. The molecule has 16 nitrogen and oxygen atoms in total. The molecule has 0 saturated carbocycles. The number of fused-ring (bicyclic) bond motifs is 4. The highest BCUT2D eigenvalue weighted by Gasteiger charge is 2.18. The van der Waals surface area contributed by atoms with Gasteiger partial charge in [-0.15, -0.1) is 0 Å². The number of methoxy groups -OCH3 is 2. The Balaban J connectivity index is 0.000000172. The first kappa shape index (κ1) is 37.1. The van der Waals surface area contributed by atoms with Crippen molar-refractivity contribution in [1.29, 1.82) is 0 Å². The summed E-state index contributed by atoms with van der Waals surface area (Å²) in [6.07, 6.45) is 10.0. The molecule has 0 atom stereocenters. The van der Waals surface area contributed by atoms with Crippen LogP contribution in [0.5, 0.6) is 46.3 Å². The van der Waals surface area contributed by atoms with Gasteiger partial charge in [0.15, 0.2) is 34.6 Å². The third-order valence-corrected chi connectivity index (χ3v) is 9.54. The number of nitrogens with one attached hydrogen (secondary N) is 2. The number of pyridine rings is 2. The first-order valence-corrected chi connectivity index (χ1v) is 18.2. The van der Waals surface area contributed by atoms with E-state index in [-0.39, 0.29) is 17.4 Å². The predicted molar refractivity (Wildman–Crippen MR) is 210 cm³/mol. The molecule has 9 rings (SSSR count). The molecule has 1 fully saturated rings. The Hall–Kier alpha value is -6.85. The second-order valence-electron chi connectivity index (χ2n) is 13.2. The van der Waals surface area contributed by atoms with Crippen LogP contribution in [0.15, 0.2) is 79.9 Å². The molecule has 0 amide bonds. The number of hydrogen-bond donors (Lipinski definition) is 3. The van der Waals surface area contributed by atoms with Crippen LogP contribution < -0.4 is 23.7 Å². The number of nitrogens with zero attached hydrogens (tertiary/aromatic N) is 8. The summed E-state index contributed by atoms with van der Waals surface area (Å²) in [6.45, 7) is 5.86. The molecule has 0 radical (unpaired) electrons.